The Morgan fingerprint density at radius 2 is 1.67 bits per heavy atom. The molecule has 0 bridgehead atoms. The van der Waals surface area contributed by atoms with Gasteiger partial charge in [0.2, 0.25) is 0 Å². The van der Waals surface area contributed by atoms with Gasteiger partial charge in [0.15, 0.2) is 5.78 Å². The molecule has 2 rings (SSSR count). The molecule has 18 heavy (non-hydrogen) atoms. The van der Waals surface area contributed by atoms with Crippen molar-refractivity contribution in [3.05, 3.63) is 69.7 Å². The fraction of sp³-hybridized carbons (Fsp3) is 0.133. The molecule has 0 aliphatic rings. The Bertz CT molecular complexity index is 550. The molecule has 1 nitrogen and oxygen atoms in total. The molecule has 92 valence electrons. The number of halogens is 2. The molecule has 0 fully saturated rings. The SMILES string of the molecule is O=C(CCc1cccc(Cl)c1Cl)c1ccccc1. The number of rotatable bonds is 4. The summed E-state index contributed by atoms with van der Waals surface area (Å²) in [4.78, 5) is 11.9. The second-order valence-corrected chi connectivity index (χ2v) is 4.79. The van der Waals surface area contributed by atoms with Crippen LogP contribution >= 0.6 is 23.2 Å². The van der Waals surface area contributed by atoms with Crippen molar-refractivity contribution in [3.63, 3.8) is 0 Å². The summed E-state index contributed by atoms with van der Waals surface area (Å²) in [5, 5.41) is 1.07. The van der Waals surface area contributed by atoms with E-state index in [1.165, 1.54) is 0 Å². The highest BCUT2D eigenvalue weighted by Crippen LogP contribution is 2.26. The molecule has 0 atom stereocenters. The molecule has 2 aromatic carbocycles. The van der Waals surface area contributed by atoms with E-state index >= 15 is 0 Å². The Morgan fingerprint density at radius 3 is 2.39 bits per heavy atom. The van der Waals surface area contributed by atoms with Crippen LogP contribution in [0.3, 0.4) is 0 Å². The summed E-state index contributed by atoms with van der Waals surface area (Å²) < 4.78 is 0. The third-order valence-electron chi connectivity index (χ3n) is 2.75. The molecule has 0 amide bonds. The molecule has 2 aromatic rings. The molecule has 0 saturated heterocycles. The van der Waals surface area contributed by atoms with Crippen molar-refractivity contribution in [1.82, 2.24) is 0 Å². The standard InChI is InChI=1S/C15H12Cl2O/c16-13-8-4-7-12(15(13)17)9-10-14(18)11-5-2-1-3-6-11/h1-8H,9-10H2. The maximum Gasteiger partial charge on any atom is 0.163 e. The van der Waals surface area contributed by atoms with Crippen LogP contribution in [-0.2, 0) is 6.42 Å². The lowest BCUT2D eigenvalue weighted by atomic mass is 10.0. The summed E-state index contributed by atoms with van der Waals surface area (Å²) >= 11 is 12.0. The van der Waals surface area contributed by atoms with Crippen LogP contribution in [0.4, 0.5) is 0 Å². The van der Waals surface area contributed by atoms with Crippen LogP contribution < -0.4 is 0 Å². The van der Waals surface area contributed by atoms with Crippen LogP contribution in [0, 0.1) is 0 Å². The van der Waals surface area contributed by atoms with Crippen LogP contribution in [0.1, 0.15) is 22.3 Å². The fourth-order valence-corrected chi connectivity index (χ4v) is 2.17. The maximum atomic E-state index is 11.9. The van der Waals surface area contributed by atoms with Crippen LogP contribution in [0.25, 0.3) is 0 Å². The topological polar surface area (TPSA) is 17.1 Å². The number of carbonyl (C=O) groups is 1. The lowest BCUT2D eigenvalue weighted by Gasteiger charge is -2.05. The zero-order valence-electron chi connectivity index (χ0n) is 9.70. The first-order chi connectivity index (χ1) is 8.68. The number of ketones is 1. The van der Waals surface area contributed by atoms with E-state index in [-0.39, 0.29) is 5.78 Å². The number of hydrogen-bond donors (Lipinski definition) is 0. The molecule has 0 unspecified atom stereocenters. The van der Waals surface area contributed by atoms with Crippen LogP contribution in [0.2, 0.25) is 10.0 Å². The third kappa shape index (κ3) is 3.12. The minimum atomic E-state index is 0.117. The highest BCUT2D eigenvalue weighted by Gasteiger charge is 2.08. The Morgan fingerprint density at radius 1 is 0.944 bits per heavy atom. The predicted molar refractivity (Wildman–Crippen MR) is 75.6 cm³/mol. The van der Waals surface area contributed by atoms with Gasteiger partial charge < -0.3 is 0 Å². The lowest BCUT2D eigenvalue weighted by molar-refractivity contribution is 0.0983. The molecular weight excluding hydrogens is 267 g/mol. The first-order valence-electron chi connectivity index (χ1n) is 5.69. The summed E-state index contributed by atoms with van der Waals surface area (Å²) in [7, 11) is 0. The van der Waals surface area contributed by atoms with Gasteiger partial charge in [-0.2, -0.15) is 0 Å². The van der Waals surface area contributed by atoms with E-state index in [0.717, 1.165) is 11.1 Å². The van der Waals surface area contributed by atoms with Crippen molar-refractivity contribution in [2.24, 2.45) is 0 Å². The molecule has 0 aliphatic carbocycles. The van der Waals surface area contributed by atoms with E-state index < -0.39 is 0 Å². The van der Waals surface area contributed by atoms with Crippen molar-refractivity contribution >= 4 is 29.0 Å². The molecule has 0 saturated carbocycles. The molecular formula is C15H12Cl2O. The number of benzene rings is 2. The highest BCUT2D eigenvalue weighted by atomic mass is 35.5. The number of Topliss-reactive ketones (excluding diaryl/α,β-unsaturated/α-hetero) is 1. The number of carbonyl (C=O) groups excluding carboxylic acids is 1. The molecule has 0 aromatic heterocycles. The van der Waals surface area contributed by atoms with Crippen molar-refractivity contribution in [3.8, 4) is 0 Å². The van der Waals surface area contributed by atoms with Gasteiger partial charge in [0.1, 0.15) is 0 Å². The Kier molecular flexibility index (Phi) is 4.40. The van der Waals surface area contributed by atoms with E-state index in [2.05, 4.69) is 0 Å². The summed E-state index contributed by atoms with van der Waals surface area (Å²) in [5.41, 5.74) is 1.64. The van der Waals surface area contributed by atoms with Crippen molar-refractivity contribution in [1.29, 1.82) is 0 Å². The van der Waals surface area contributed by atoms with Gasteiger partial charge >= 0.3 is 0 Å². The minimum Gasteiger partial charge on any atom is -0.294 e. The van der Waals surface area contributed by atoms with Gasteiger partial charge in [-0.25, -0.2) is 0 Å². The zero-order chi connectivity index (χ0) is 13.0. The van der Waals surface area contributed by atoms with Crippen LogP contribution in [-0.4, -0.2) is 5.78 Å². The minimum absolute atomic E-state index is 0.117. The zero-order valence-corrected chi connectivity index (χ0v) is 11.2. The molecule has 3 heteroatoms. The Hall–Kier alpha value is -1.31. The van der Waals surface area contributed by atoms with Gasteiger partial charge in [0.25, 0.3) is 0 Å². The number of aryl methyl sites for hydroxylation is 1. The second-order valence-electron chi connectivity index (χ2n) is 4.00. The average Bonchev–Trinajstić information content (AvgIpc) is 2.41. The van der Waals surface area contributed by atoms with Crippen LogP contribution in [0.5, 0.6) is 0 Å². The van der Waals surface area contributed by atoms with Crippen molar-refractivity contribution in [2.45, 2.75) is 12.8 Å². The molecule has 0 heterocycles. The van der Waals surface area contributed by atoms with Crippen LogP contribution in [0.15, 0.2) is 48.5 Å². The maximum absolute atomic E-state index is 11.9. The normalized spacial score (nSPS) is 10.3. The smallest absolute Gasteiger partial charge is 0.163 e. The summed E-state index contributed by atoms with van der Waals surface area (Å²) in [6, 6.07) is 14.7. The Labute approximate surface area is 116 Å². The van der Waals surface area contributed by atoms with E-state index in [1.807, 2.05) is 42.5 Å². The van der Waals surface area contributed by atoms with Crippen molar-refractivity contribution in [2.75, 3.05) is 0 Å². The van der Waals surface area contributed by atoms with Gasteiger partial charge in [-0.15, -0.1) is 0 Å². The van der Waals surface area contributed by atoms with Crippen molar-refractivity contribution < 1.29 is 4.79 Å². The molecule has 0 radical (unpaired) electrons. The molecule has 0 aliphatic heterocycles. The van der Waals surface area contributed by atoms with Gasteiger partial charge in [0.05, 0.1) is 10.0 Å². The molecule has 0 spiro atoms. The first-order valence-corrected chi connectivity index (χ1v) is 6.45. The lowest BCUT2D eigenvalue weighted by Crippen LogP contribution is -2.01. The van der Waals surface area contributed by atoms with Gasteiger partial charge in [0, 0.05) is 12.0 Å². The Balaban J connectivity index is 2.04. The molecule has 0 N–H and O–H groups in total. The van der Waals surface area contributed by atoms with E-state index in [4.69, 9.17) is 23.2 Å². The predicted octanol–water partition coefficient (Wildman–Crippen LogP) is 4.81. The van der Waals surface area contributed by atoms with E-state index in [1.54, 1.807) is 6.07 Å². The highest BCUT2D eigenvalue weighted by molar-refractivity contribution is 6.42. The summed E-state index contributed by atoms with van der Waals surface area (Å²) in [6.07, 6.45) is 1.04. The van der Waals surface area contributed by atoms with Gasteiger partial charge in [-0.3, -0.25) is 4.79 Å². The first kappa shape index (κ1) is 13.1. The monoisotopic (exact) mass is 278 g/mol. The third-order valence-corrected chi connectivity index (χ3v) is 3.61. The van der Waals surface area contributed by atoms with E-state index in [0.29, 0.717) is 22.9 Å². The fourth-order valence-electron chi connectivity index (χ4n) is 1.76. The average molecular weight is 279 g/mol. The largest absolute Gasteiger partial charge is 0.294 e. The second kappa shape index (κ2) is 6.03. The van der Waals surface area contributed by atoms with E-state index in [9.17, 15) is 4.79 Å². The van der Waals surface area contributed by atoms with Gasteiger partial charge in [-0.1, -0.05) is 65.7 Å². The van der Waals surface area contributed by atoms with Gasteiger partial charge in [-0.05, 0) is 18.1 Å². The quantitative estimate of drug-likeness (QED) is 0.734. The summed E-state index contributed by atoms with van der Waals surface area (Å²) in [5.74, 6) is 0.117. The number of hydrogen-bond acceptors (Lipinski definition) is 1. The summed E-state index contributed by atoms with van der Waals surface area (Å²) in [6.45, 7) is 0.